The molecule has 0 aliphatic carbocycles. The third-order valence-corrected chi connectivity index (χ3v) is 3.57. The van der Waals surface area contributed by atoms with Gasteiger partial charge in [-0.3, -0.25) is 0 Å². The van der Waals surface area contributed by atoms with Gasteiger partial charge in [0.05, 0.1) is 13.7 Å². The van der Waals surface area contributed by atoms with Crippen LogP contribution in [0.1, 0.15) is 48.9 Å². The van der Waals surface area contributed by atoms with Crippen molar-refractivity contribution in [2.45, 2.75) is 38.5 Å². The third-order valence-electron chi connectivity index (χ3n) is 3.30. The molecule has 1 rings (SSSR count). The van der Waals surface area contributed by atoms with Crippen LogP contribution >= 0.6 is 11.6 Å². The fraction of sp³-hybridized carbons (Fsp3) is 0.562. The first-order valence-electron chi connectivity index (χ1n) is 7.47. The molecule has 0 spiro atoms. The summed E-state index contributed by atoms with van der Waals surface area (Å²) in [5, 5.41) is 0. The van der Waals surface area contributed by atoms with E-state index in [0.717, 1.165) is 39.2 Å². The monoisotopic (exact) mass is 352 g/mol. The molecule has 0 aromatic heterocycles. The molecule has 0 radical (unpaired) electrons. The van der Waals surface area contributed by atoms with Crippen LogP contribution in [0.3, 0.4) is 0 Å². The average molecular weight is 353 g/mol. The number of benzene rings is 1. The maximum Gasteiger partial charge on any atom is 0.341 e. The zero-order chi connectivity index (χ0) is 17.2. The van der Waals surface area contributed by atoms with Crippen LogP contribution in [0.2, 0.25) is 0 Å². The Morgan fingerprint density at radius 1 is 1.04 bits per heavy atom. The molecule has 23 heavy (non-hydrogen) atoms. The minimum atomic E-state index is -1.47. The molecule has 0 N–H and O–H groups in total. The van der Waals surface area contributed by atoms with Gasteiger partial charge in [0.2, 0.25) is 5.82 Å². The highest BCUT2D eigenvalue weighted by atomic mass is 35.5. The molecule has 0 heterocycles. The maximum absolute atomic E-state index is 13.9. The van der Waals surface area contributed by atoms with Crippen molar-refractivity contribution in [3.8, 4) is 5.75 Å². The van der Waals surface area contributed by atoms with Crippen molar-refractivity contribution in [1.82, 2.24) is 0 Å². The number of carbonyl (C=O) groups is 1. The SMILES string of the molecule is COc1c(F)c(F)cc(C(=O)OCCCCCCCCCl)c1F. The zero-order valence-electron chi connectivity index (χ0n) is 13.0. The summed E-state index contributed by atoms with van der Waals surface area (Å²) in [5.41, 5.74) is -0.678. The Labute approximate surface area is 138 Å². The Bertz CT molecular complexity index is 524. The number of carbonyl (C=O) groups excluding carboxylic acids is 1. The molecule has 130 valence electrons. The number of esters is 1. The van der Waals surface area contributed by atoms with Crippen LogP contribution in [0.4, 0.5) is 13.2 Å². The van der Waals surface area contributed by atoms with E-state index in [1.54, 1.807) is 0 Å². The van der Waals surface area contributed by atoms with Gasteiger partial charge in [0.15, 0.2) is 17.4 Å². The van der Waals surface area contributed by atoms with E-state index in [1.807, 2.05) is 0 Å². The molecule has 1 aromatic carbocycles. The minimum Gasteiger partial charge on any atom is -0.491 e. The highest BCUT2D eigenvalue weighted by molar-refractivity contribution is 6.17. The van der Waals surface area contributed by atoms with Crippen LogP contribution in [0.15, 0.2) is 6.07 Å². The number of hydrogen-bond donors (Lipinski definition) is 0. The van der Waals surface area contributed by atoms with Gasteiger partial charge in [-0.1, -0.05) is 25.7 Å². The summed E-state index contributed by atoms with van der Waals surface area (Å²) >= 11 is 5.57. The fourth-order valence-corrected chi connectivity index (χ4v) is 2.24. The summed E-state index contributed by atoms with van der Waals surface area (Å²) in [6, 6.07) is 0.474. The van der Waals surface area contributed by atoms with E-state index in [2.05, 4.69) is 4.74 Å². The van der Waals surface area contributed by atoms with E-state index >= 15 is 0 Å². The summed E-state index contributed by atoms with van der Waals surface area (Å²) in [6.07, 6.45) is 5.56. The van der Waals surface area contributed by atoms with Gasteiger partial charge < -0.3 is 9.47 Å². The second-order valence-corrected chi connectivity index (χ2v) is 5.39. The molecular formula is C16H20ClF3O3. The summed E-state index contributed by atoms with van der Waals surface area (Å²) in [4.78, 5) is 11.7. The number of methoxy groups -OCH3 is 1. The van der Waals surface area contributed by atoms with E-state index in [9.17, 15) is 18.0 Å². The van der Waals surface area contributed by atoms with Crippen molar-refractivity contribution in [3.05, 3.63) is 29.1 Å². The number of halogens is 4. The smallest absolute Gasteiger partial charge is 0.341 e. The first-order chi connectivity index (χ1) is 11.0. The third kappa shape index (κ3) is 5.94. The van der Waals surface area contributed by atoms with Gasteiger partial charge >= 0.3 is 5.97 Å². The van der Waals surface area contributed by atoms with Gasteiger partial charge in [0.1, 0.15) is 5.56 Å². The Balaban J connectivity index is 2.45. The van der Waals surface area contributed by atoms with Gasteiger partial charge in [-0.05, 0) is 18.9 Å². The van der Waals surface area contributed by atoms with E-state index in [1.165, 1.54) is 0 Å². The largest absolute Gasteiger partial charge is 0.491 e. The van der Waals surface area contributed by atoms with Gasteiger partial charge in [-0.15, -0.1) is 11.6 Å². The molecule has 7 heteroatoms. The molecule has 0 saturated carbocycles. The molecular weight excluding hydrogens is 333 g/mol. The summed E-state index contributed by atoms with van der Waals surface area (Å²) in [7, 11) is 0.986. The maximum atomic E-state index is 13.9. The average Bonchev–Trinajstić information content (AvgIpc) is 2.53. The Morgan fingerprint density at radius 3 is 2.26 bits per heavy atom. The zero-order valence-corrected chi connectivity index (χ0v) is 13.7. The predicted octanol–water partition coefficient (Wildman–Crippen LogP) is 4.85. The molecule has 0 atom stereocenters. The van der Waals surface area contributed by atoms with Gasteiger partial charge in [0, 0.05) is 5.88 Å². The van der Waals surface area contributed by atoms with Gasteiger partial charge in [-0.2, -0.15) is 4.39 Å². The van der Waals surface area contributed by atoms with E-state index in [0.29, 0.717) is 18.4 Å². The van der Waals surface area contributed by atoms with E-state index < -0.39 is 34.7 Å². The summed E-state index contributed by atoms with van der Waals surface area (Å²) in [5.74, 6) is -5.43. The Morgan fingerprint density at radius 2 is 1.65 bits per heavy atom. The standard InChI is InChI=1S/C16H20ClF3O3/c1-22-15-13(19)11(10-12(18)14(15)20)16(21)23-9-7-5-3-2-4-6-8-17/h10H,2-9H2,1H3. The summed E-state index contributed by atoms with van der Waals surface area (Å²) in [6.45, 7) is 0.0924. The Hall–Kier alpha value is -1.43. The van der Waals surface area contributed by atoms with Crippen molar-refractivity contribution >= 4 is 17.6 Å². The van der Waals surface area contributed by atoms with Crippen molar-refractivity contribution in [1.29, 1.82) is 0 Å². The molecule has 0 bridgehead atoms. The van der Waals surface area contributed by atoms with Crippen molar-refractivity contribution in [2.24, 2.45) is 0 Å². The lowest BCUT2D eigenvalue weighted by Crippen LogP contribution is -2.11. The summed E-state index contributed by atoms with van der Waals surface area (Å²) < 4.78 is 49.8. The molecule has 0 fully saturated rings. The normalized spacial score (nSPS) is 10.7. The van der Waals surface area contributed by atoms with Gasteiger partial charge in [-0.25, -0.2) is 13.6 Å². The number of alkyl halides is 1. The fourth-order valence-electron chi connectivity index (χ4n) is 2.05. The molecule has 0 unspecified atom stereocenters. The number of rotatable bonds is 10. The quantitative estimate of drug-likeness (QED) is 0.261. The Kier molecular flexibility index (Phi) is 8.84. The highest BCUT2D eigenvalue weighted by Gasteiger charge is 2.24. The number of ether oxygens (including phenoxy) is 2. The van der Waals surface area contributed by atoms with Crippen LogP contribution in [0, 0.1) is 17.5 Å². The van der Waals surface area contributed by atoms with Crippen LogP contribution < -0.4 is 4.74 Å². The van der Waals surface area contributed by atoms with Crippen molar-refractivity contribution in [3.63, 3.8) is 0 Å². The van der Waals surface area contributed by atoms with Crippen molar-refractivity contribution < 1.29 is 27.4 Å². The first-order valence-corrected chi connectivity index (χ1v) is 8.01. The van der Waals surface area contributed by atoms with E-state index in [-0.39, 0.29) is 6.61 Å². The van der Waals surface area contributed by atoms with Gasteiger partial charge in [0.25, 0.3) is 0 Å². The van der Waals surface area contributed by atoms with Crippen molar-refractivity contribution in [2.75, 3.05) is 19.6 Å². The molecule has 3 nitrogen and oxygen atoms in total. The lowest BCUT2D eigenvalue weighted by molar-refractivity contribution is 0.0490. The molecule has 0 aliphatic heterocycles. The first kappa shape index (κ1) is 19.6. The van der Waals surface area contributed by atoms with E-state index in [4.69, 9.17) is 16.3 Å². The molecule has 0 amide bonds. The second kappa shape index (κ2) is 10.4. The molecule has 0 saturated heterocycles. The second-order valence-electron chi connectivity index (χ2n) is 5.01. The lowest BCUT2D eigenvalue weighted by atomic mass is 10.1. The topological polar surface area (TPSA) is 35.5 Å². The lowest BCUT2D eigenvalue weighted by Gasteiger charge is -2.09. The highest BCUT2D eigenvalue weighted by Crippen LogP contribution is 2.27. The number of hydrogen-bond acceptors (Lipinski definition) is 3. The van der Waals surface area contributed by atoms with Crippen LogP contribution in [-0.2, 0) is 4.74 Å². The van der Waals surface area contributed by atoms with Crippen LogP contribution in [0.5, 0.6) is 5.75 Å². The van der Waals surface area contributed by atoms with Crippen LogP contribution in [0.25, 0.3) is 0 Å². The molecule has 1 aromatic rings. The predicted molar refractivity (Wildman–Crippen MR) is 81.6 cm³/mol. The number of unbranched alkanes of at least 4 members (excludes halogenated alkanes) is 5. The van der Waals surface area contributed by atoms with Crippen LogP contribution in [-0.4, -0.2) is 25.6 Å². The minimum absolute atomic E-state index is 0.0924. The molecule has 0 aliphatic rings.